The summed E-state index contributed by atoms with van der Waals surface area (Å²) in [6.45, 7) is 8.12. The molecule has 0 spiro atoms. The van der Waals surface area contributed by atoms with Crippen LogP contribution in [0.5, 0.6) is 0 Å². The van der Waals surface area contributed by atoms with Crippen LogP contribution in [0, 0.1) is 11.3 Å². The molecule has 2 aliphatic carbocycles. The van der Waals surface area contributed by atoms with E-state index in [0.717, 1.165) is 49.5 Å². The summed E-state index contributed by atoms with van der Waals surface area (Å²) in [5, 5.41) is 13.4. The number of fused-ring (bicyclic) bond motifs is 3. The minimum absolute atomic E-state index is 0.0784. The Kier molecular flexibility index (Phi) is 6.21. The average molecular weight is 490 g/mol. The monoisotopic (exact) mass is 489 g/mol. The molecular weight excluding hydrogens is 454 g/mol. The molecule has 0 bridgehead atoms. The van der Waals surface area contributed by atoms with Crippen molar-refractivity contribution in [2.24, 2.45) is 11.3 Å². The molecule has 8 nitrogen and oxygen atoms in total. The zero-order chi connectivity index (χ0) is 24.9. The van der Waals surface area contributed by atoms with Gasteiger partial charge in [-0.3, -0.25) is 4.90 Å². The number of rotatable bonds is 4. The summed E-state index contributed by atoms with van der Waals surface area (Å²) in [5.41, 5.74) is 4.56. The molecule has 1 aromatic carbocycles. The summed E-state index contributed by atoms with van der Waals surface area (Å²) in [7, 11) is -4.13. The third-order valence-electron chi connectivity index (χ3n) is 7.76. The van der Waals surface area contributed by atoms with Crippen LogP contribution < -0.4 is 10.0 Å². The number of nitrogens with zero attached hydrogens (tertiary/aromatic N) is 1. The number of hydrogen-bond donors (Lipinski definition) is 3. The normalized spacial score (nSPS) is 24.4. The van der Waals surface area contributed by atoms with Gasteiger partial charge < -0.3 is 10.4 Å². The molecule has 3 N–H and O–H groups in total. The molecule has 1 heterocycles. The Labute approximate surface area is 201 Å². The van der Waals surface area contributed by atoms with E-state index in [4.69, 9.17) is 0 Å². The maximum absolute atomic E-state index is 12.8. The van der Waals surface area contributed by atoms with Crippen molar-refractivity contribution in [2.75, 3.05) is 11.9 Å². The lowest BCUT2D eigenvalue weighted by Gasteiger charge is -2.41. The van der Waals surface area contributed by atoms with Crippen molar-refractivity contribution in [1.82, 2.24) is 9.62 Å². The molecule has 4 rings (SSSR count). The molecule has 34 heavy (non-hydrogen) atoms. The van der Waals surface area contributed by atoms with E-state index in [2.05, 4.69) is 10.0 Å². The fourth-order valence-electron chi connectivity index (χ4n) is 6.35. The number of nitrogens with one attached hydrogen (secondary N) is 2. The number of carbonyl (C=O) groups excluding carboxylic acids is 1. The van der Waals surface area contributed by atoms with E-state index < -0.39 is 27.7 Å². The molecule has 2 atom stereocenters. The molecule has 186 valence electrons. The van der Waals surface area contributed by atoms with E-state index in [1.165, 1.54) is 27.7 Å². The molecule has 0 radical (unpaired) electrons. The second kappa shape index (κ2) is 8.59. The summed E-state index contributed by atoms with van der Waals surface area (Å²) in [6, 6.07) is 1.18. The van der Waals surface area contributed by atoms with Crippen molar-refractivity contribution in [3.05, 3.63) is 39.8 Å². The number of benzene rings is 1. The van der Waals surface area contributed by atoms with Crippen molar-refractivity contribution < 1.29 is 23.1 Å². The summed E-state index contributed by atoms with van der Waals surface area (Å²) in [6.07, 6.45) is 7.03. The third kappa shape index (κ3) is 4.54. The Balaban J connectivity index is 1.52. The minimum Gasteiger partial charge on any atom is -0.465 e. The highest BCUT2D eigenvalue weighted by atomic mass is 32.2. The second-order valence-corrected chi connectivity index (χ2v) is 12.6. The summed E-state index contributed by atoms with van der Waals surface area (Å²) in [4.78, 5) is 25.8. The van der Waals surface area contributed by atoms with Crippen LogP contribution in [0.15, 0.2) is 17.6 Å². The zero-order valence-corrected chi connectivity index (χ0v) is 21.2. The highest BCUT2D eigenvalue weighted by molar-refractivity contribution is 7.92. The van der Waals surface area contributed by atoms with Crippen LogP contribution in [-0.2, 0) is 35.7 Å². The predicted molar refractivity (Wildman–Crippen MR) is 131 cm³/mol. The van der Waals surface area contributed by atoms with Crippen molar-refractivity contribution in [3.8, 4) is 0 Å². The SMILES string of the molecule is CC(C)(C)C1CCN(C(=O)O)C1(C)C=CS(=O)(=O)NC(=O)Nc1cc2c(c3c1CCC3)CCC2. The van der Waals surface area contributed by atoms with Crippen molar-refractivity contribution in [2.45, 2.75) is 78.2 Å². The molecule has 3 aliphatic rings. The predicted octanol–water partition coefficient (Wildman–Crippen LogP) is 4.43. The first-order valence-electron chi connectivity index (χ1n) is 12.0. The Bertz CT molecular complexity index is 1150. The van der Waals surface area contributed by atoms with E-state index in [1.54, 1.807) is 6.92 Å². The Morgan fingerprint density at radius 3 is 2.44 bits per heavy atom. The van der Waals surface area contributed by atoms with Gasteiger partial charge in [0.1, 0.15) is 0 Å². The first-order valence-corrected chi connectivity index (χ1v) is 13.6. The van der Waals surface area contributed by atoms with E-state index >= 15 is 0 Å². The van der Waals surface area contributed by atoms with E-state index in [9.17, 15) is 23.1 Å². The Morgan fingerprint density at radius 2 is 1.76 bits per heavy atom. The smallest absolute Gasteiger partial charge is 0.408 e. The van der Waals surface area contributed by atoms with E-state index in [0.29, 0.717) is 18.7 Å². The summed E-state index contributed by atoms with van der Waals surface area (Å²) >= 11 is 0. The molecule has 9 heteroatoms. The van der Waals surface area contributed by atoms with Crippen molar-refractivity contribution in [1.29, 1.82) is 0 Å². The highest BCUT2D eigenvalue weighted by Crippen LogP contribution is 2.46. The minimum atomic E-state index is -4.13. The van der Waals surface area contributed by atoms with Gasteiger partial charge in [0, 0.05) is 17.6 Å². The molecule has 1 aromatic rings. The fourth-order valence-corrected chi connectivity index (χ4v) is 7.19. The molecular formula is C25H35N3O5S. The largest absolute Gasteiger partial charge is 0.465 e. The number of urea groups is 1. The van der Waals surface area contributed by atoms with Crippen LogP contribution in [0.2, 0.25) is 0 Å². The standard InChI is InChI=1S/C25H35N3O5S/c1-24(2,3)21-11-13-28(23(30)31)25(21,4)12-14-34(32,33)27-22(29)26-20-15-16-7-5-8-17(16)18-9-6-10-19(18)20/h12,14-15,21H,5-11,13H2,1-4H3,(H,30,31)(H2,26,27,29). The van der Waals surface area contributed by atoms with E-state index in [1.807, 2.05) is 26.8 Å². The number of sulfonamides is 1. The molecule has 0 saturated carbocycles. The molecule has 1 saturated heterocycles. The van der Waals surface area contributed by atoms with Crippen LogP contribution >= 0.6 is 0 Å². The van der Waals surface area contributed by atoms with Gasteiger partial charge in [0.2, 0.25) is 0 Å². The number of anilines is 1. The third-order valence-corrected chi connectivity index (χ3v) is 8.72. The first kappa shape index (κ1) is 24.6. The van der Waals surface area contributed by atoms with Gasteiger partial charge in [0.05, 0.1) is 5.54 Å². The van der Waals surface area contributed by atoms with Gasteiger partial charge in [-0.1, -0.05) is 20.8 Å². The molecule has 3 amide bonds. The number of hydrogen-bond acceptors (Lipinski definition) is 4. The summed E-state index contributed by atoms with van der Waals surface area (Å²) < 4.78 is 27.6. The number of carboxylic acid groups (broad SMARTS) is 1. The van der Waals surface area contributed by atoms with Gasteiger partial charge in [-0.2, -0.15) is 0 Å². The molecule has 2 unspecified atom stereocenters. The lowest BCUT2D eigenvalue weighted by Crippen LogP contribution is -2.49. The van der Waals surface area contributed by atoms with Crippen molar-refractivity contribution >= 4 is 27.8 Å². The van der Waals surface area contributed by atoms with Gasteiger partial charge in [0.25, 0.3) is 10.0 Å². The van der Waals surface area contributed by atoms with Gasteiger partial charge in [-0.15, -0.1) is 0 Å². The highest BCUT2D eigenvalue weighted by Gasteiger charge is 2.50. The number of amides is 3. The number of aryl methyl sites for hydroxylation is 1. The van der Waals surface area contributed by atoms with Crippen LogP contribution in [0.25, 0.3) is 0 Å². The van der Waals surface area contributed by atoms with Gasteiger partial charge in [-0.05, 0) is 97.6 Å². The Hall–Kier alpha value is -2.55. The second-order valence-electron chi connectivity index (χ2n) is 11.0. The average Bonchev–Trinajstić information content (AvgIpc) is 3.43. The maximum atomic E-state index is 12.8. The summed E-state index contributed by atoms with van der Waals surface area (Å²) in [5.74, 6) is -0.0784. The number of likely N-dealkylation sites (tertiary alicyclic amines) is 1. The van der Waals surface area contributed by atoms with Gasteiger partial charge in [-0.25, -0.2) is 22.7 Å². The van der Waals surface area contributed by atoms with Crippen LogP contribution in [0.3, 0.4) is 0 Å². The Morgan fingerprint density at radius 1 is 1.12 bits per heavy atom. The number of carbonyl (C=O) groups is 2. The van der Waals surface area contributed by atoms with E-state index in [-0.39, 0.29) is 11.3 Å². The zero-order valence-electron chi connectivity index (χ0n) is 20.4. The fraction of sp³-hybridized carbons (Fsp3) is 0.600. The topological polar surface area (TPSA) is 116 Å². The lowest BCUT2D eigenvalue weighted by atomic mass is 9.70. The molecule has 0 aromatic heterocycles. The van der Waals surface area contributed by atoms with Crippen LogP contribution in [0.4, 0.5) is 15.3 Å². The van der Waals surface area contributed by atoms with Gasteiger partial charge >= 0.3 is 12.1 Å². The van der Waals surface area contributed by atoms with Crippen molar-refractivity contribution in [3.63, 3.8) is 0 Å². The van der Waals surface area contributed by atoms with Crippen LogP contribution in [0.1, 0.15) is 69.2 Å². The lowest BCUT2D eigenvalue weighted by molar-refractivity contribution is 0.0893. The molecule has 1 aliphatic heterocycles. The first-order chi connectivity index (χ1) is 15.8. The van der Waals surface area contributed by atoms with Gasteiger partial charge in [0.15, 0.2) is 0 Å². The molecule has 1 fully saturated rings. The van der Waals surface area contributed by atoms with Crippen LogP contribution in [-0.4, -0.2) is 42.6 Å². The quantitative estimate of drug-likeness (QED) is 0.578. The maximum Gasteiger partial charge on any atom is 0.408 e.